The predicted octanol–water partition coefficient (Wildman–Crippen LogP) is 2.98. The van der Waals surface area contributed by atoms with E-state index in [1.165, 1.54) is 0 Å². The van der Waals surface area contributed by atoms with Crippen molar-refractivity contribution in [2.45, 2.75) is 18.9 Å². The largest absolute Gasteiger partial charge is 0.377 e. The fourth-order valence-electron chi connectivity index (χ4n) is 2.30. The molecular weight excluding hydrogens is 332 g/mol. The molecule has 0 aromatic heterocycles. The van der Waals surface area contributed by atoms with Crippen LogP contribution in [0, 0.1) is 11.6 Å². The minimum atomic E-state index is -0.733. The van der Waals surface area contributed by atoms with Crippen LogP contribution in [0.4, 0.5) is 8.78 Å². The highest BCUT2D eigenvalue weighted by Gasteiger charge is 2.24. The first kappa shape index (κ1) is 15.4. The standard InChI is InChI=1S/C14H16BrF2NO2/c15-3-6-20-13-1-4-18(5-2-13)14(19)10-7-11(16)9-12(17)8-10/h7-9,13H,1-6H2. The maximum absolute atomic E-state index is 13.1. The zero-order chi connectivity index (χ0) is 14.5. The molecule has 1 fully saturated rings. The molecule has 1 aromatic rings. The lowest BCUT2D eigenvalue weighted by Gasteiger charge is -2.32. The van der Waals surface area contributed by atoms with Crippen LogP contribution in [0.25, 0.3) is 0 Å². The molecule has 0 aliphatic carbocycles. The second kappa shape index (κ2) is 7.13. The summed E-state index contributed by atoms with van der Waals surface area (Å²) in [5.41, 5.74) is 0.0577. The Balaban J connectivity index is 1.94. The Bertz CT molecular complexity index is 456. The summed E-state index contributed by atoms with van der Waals surface area (Å²) in [4.78, 5) is 13.8. The summed E-state index contributed by atoms with van der Waals surface area (Å²) in [5.74, 6) is -1.80. The van der Waals surface area contributed by atoms with Gasteiger partial charge in [0.2, 0.25) is 0 Å². The van der Waals surface area contributed by atoms with Crippen molar-refractivity contribution >= 4 is 21.8 Å². The van der Waals surface area contributed by atoms with Gasteiger partial charge in [-0.1, -0.05) is 15.9 Å². The molecule has 2 rings (SSSR count). The Kier molecular flexibility index (Phi) is 5.48. The summed E-state index contributed by atoms with van der Waals surface area (Å²) in [6.45, 7) is 1.74. The van der Waals surface area contributed by atoms with Crippen LogP contribution in [0.1, 0.15) is 23.2 Å². The van der Waals surface area contributed by atoms with Gasteiger partial charge in [-0.15, -0.1) is 0 Å². The van der Waals surface area contributed by atoms with E-state index in [4.69, 9.17) is 4.74 Å². The predicted molar refractivity (Wildman–Crippen MR) is 75.0 cm³/mol. The number of amides is 1. The molecule has 1 saturated heterocycles. The number of nitrogens with zero attached hydrogens (tertiary/aromatic N) is 1. The highest BCUT2D eigenvalue weighted by molar-refractivity contribution is 9.09. The molecule has 0 atom stereocenters. The van der Waals surface area contributed by atoms with E-state index in [1.807, 2.05) is 0 Å². The van der Waals surface area contributed by atoms with E-state index >= 15 is 0 Å². The van der Waals surface area contributed by atoms with Gasteiger partial charge in [-0.2, -0.15) is 0 Å². The third kappa shape index (κ3) is 3.99. The molecule has 1 amide bonds. The second-order valence-corrected chi connectivity index (χ2v) is 5.50. The molecule has 110 valence electrons. The molecule has 0 bridgehead atoms. The maximum Gasteiger partial charge on any atom is 0.254 e. The molecule has 0 radical (unpaired) electrons. The van der Waals surface area contributed by atoms with Crippen LogP contribution < -0.4 is 0 Å². The van der Waals surface area contributed by atoms with E-state index in [0.717, 1.165) is 36.4 Å². The number of alkyl halides is 1. The Morgan fingerprint density at radius 1 is 1.25 bits per heavy atom. The zero-order valence-electron chi connectivity index (χ0n) is 10.9. The summed E-state index contributed by atoms with van der Waals surface area (Å²) >= 11 is 3.29. The number of benzene rings is 1. The van der Waals surface area contributed by atoms with Crippen LogP contribution in [-0.2, 0) is 4.74 Å². The molecule has 0 spiro atoms. The zero-order valence-corrected chi connectivity index (χ0v) is 12.5. The minimum absolute atomic E-state index is 0.0577. The number of hydrogen-bond acceptors (Lipinski definition) is 2. The van der Waals surface area contributed by atoms with Crippen LogP contribution in [0.15, 0.2) is 18.2 Å². The third-order valence-corrected chi connectivity index (χ3v) is 3.59. The fraction of sp³-hybridized carbons (Fsp3) is 0.500. The average molecular weight is 348 g/mol. The first-order chi connectivity index (χ1) is 9.60. The van der Waals surface area contributed by atoms with E-state index < -0.39 is 11.6 Å². The first-order valence-electron chi connectivity index (χ1n) is 6.53. The van der Waals surface area contributed by atoms with Crippen molar-refractivity contribution in [1.82, 2.24) is 4.90 Å². The van der Waals surface area contributed by atoms with Gasteiger partial charge in [-0.25, -0.2) is 8.78 Å². The lowest BCUT2D eigenvalue weighted by molar-refractivity contribution is 0.0159. The number of carbonyl (C=O) groups excluding carboxylic acids is 1. The Morgan fingerprint density at radius 2 is 1.85 bits per heavy atom. The first-order valence-corrected chi connectivity index (χ1v) is 7.65. The molecule has 0 N–H and O–H groups in total. The van der Waals surface area contributed by atoms with Gasteiger partial charge in [-0.3, -0.25) is 4.79 Å². The van der Waals surface area contributed by atoms with Crippen molar-refractivity contribution in [1.29, 1.82) is 0 Å². The molecular formula is C14H16BrF2NO2. The van der Waals surface area contributed by atoms with Crippen molar-refractivity contribution in [2.75, 3.05) is 25.0 Å². The SMILES string of the molecule is O=C(c1cc(F)cc(F)c1)N1CCC(OCCBr)CC1. The van der Waals surface area contributed by atoms with E-state index in [-0.39, 0.29) is 17.6 Å². The molecule has 6 heteroatoms. The number of piperidine rings is 1. The van der Waals surface area contributed by atoms with Gasteiger partial charge in [-0.05, 0) is 25.0 Å². The van der Waals surface area contributed by atoms with E-state index in [2.05, 4.69) is 15.9 Å². The summed E-state index contributed by atoms with van der Waals surface area (Å²) in [6.07, 6.45) is 1.65. The summed E-state index contributed by atoms with van der Waals surface area (Å²) in [5, 5.41) is 0.786. The maximum atomic E-state index is 13.1. The molecule has 0 saturated carbocycles. The molecule has 3 nitrogen and oxygen atoms in total. The summed E-state index contributed by atoms with van der Waals surface area (Å²) in [7, 11) is 0. The number of halogens is 3. The number of ether oxygens (including phenoxy) is 1. The smallest absolute Gasteiger partial charge is 0.254 e. The normalized spacial score (nSPS) is 16.4. The van der Waals surface area contributed by atoms with Crippen molar-refractivity contribution in [3.05, 3.63) is 35.4 Å². The molecule has 1 heterocycles. The van der Waals surface area contributed by atoms with Crippen molar-refractivity contribution in [3.8, 4) is 0 Å². The van der Waals surface area contributed by atoms with Gasteiger partial charge in [0.15, 0.2) is 0 Å². The highest BCUT2D eigenvalue weighted by Crippen LogP contribution is 2.17. The topological polar surface area (TPSA) is 29.5 Å². The molecule has 1 aliphatic rings. The Morgan fingerprint density at radius 3 is 2.40 bits per heavy atom. The van der Waals surface area contributed by atoms with Gasteiger partial charge in [0, 0.05) is 30.0 Å². The number of likely N-dealkylation sites (tertiary alicyclic amines) is 1. The Labute approximate surface area is 125 Å². The fourth-order valence-corrected chi connectivity index (χ4v) is 2.48. The lowest BCUT2D eigenvalue weighted by atomic mass is 10.1. The van der Waals surface area contributed by atoms with Crippen LogP contribution in [0.5, 0.6) is 0 Å². The lowest BCUT2D eigenvalue weighted by Crippen LogP contribution is -2.41. The average Bonchev–Trinajstić information content (AvgIpc) is 2.44. The molecule has 1 aromatic carbocycles. The van der Waals surface area contributed by atoms with Crippen molar-refractivity contribution in [2.24, 2.45) is 0 Å². The summed E-state index contributed by atoms with van der Waals surface area (Å²) in [6, 6.07) is 2.90. The minimum Gasteiger partial charge on any atom is -0.377 e. The number of rotatable bonds is 4. The molecule has 20 heavy (non-hydrogen) atoms. The molecule has 1 aliphatic heterocycles. The van der Waals surface area contributed by atoms with Gasteiger partial charge in [0.25, 0.3) is 5.91 Å². The van der Waals surface area contributed by atoms with E-state index in [1.54, 1.807) is 4.90 Å². The van der Waals surface area contributed by atoms with E-state index in [0.29, 0.717) is 19.7 Å². The van der Waals surface area contributed by atoms with Gasteiger partial charge >= 0.3 is 0 Å². The van der Waals surface area contributed by atoms with Crippen LogP contribution in [0.2, 0.25) is 0 Å². The second-order valence-electron chi connectivity index (χ2n) is 4.71. The van der Waals surface area contributed by atoms with Crippen LogP contribution in [0.3, 0.4) is 0 Å². The van der Waals surface area contributed by atoms with Crippen molar-refractivity contribution in [3.63, 3.8) is 0 Å². The van der Waals surface area contributed by atoms with Crippen LogP contribution >= 0.6 is 15.9 Å². The number of hydrogen-bond donors (Lipinski definition) is 0. The van der Waals surface area contributed by atoms with Crippen LogP contribution in [-0.4, -0.2) is 41.9 Å². The summed E-state index contributed by atoms with van der Waals surface area (Å²) < 4.78 is 31.8. The van der Waals surface area contributed by atoms with Crippen molar-refractivity contribution < 1.29 is 18.3 Å². The van der Waals surface area contributed by atoms with Gasteiger partial charge < -0.3 is 9.64 Å². The highest BCUT2D eigenvalue weighted by atomic mass is 79.9. The Hall–Kier alpha value is -1.01. The third-order valence-electron chi connectivity index (χ3n) is 3.27. The number of carbonyl (C=O) groups is 1. The molecule has 0 unspecified atom stereocenters. The van der Waals surface area contributed by atoms with E-state index in [9.17, 15) is 13.6 Å². The van der Waals surface area contributed by atoms with Gasteiger partial charge in [0.05, 0.1) is 12.7 Å². The van der Waals surface area contributed by atoms with Gasteiger partial charge in [0.1, 0.15) is 11.6 Å². The quantitative estimate of drug-likeness (QED) is 0.783. The monoisotopic (exact) mass is 347 g/mol.